The third-order valence-electron chi connectivity index (χ3n) is 4.07. The molecule has 1 aliphatic rings. The molecular formula is C13H18N4. The maximum atomic E-state index is 4.50. The summed E-state index contributed by atoms with van der Waals surface area (Å²) in [6, 6.07) is 0. The lowest BCUT2D eigenvalue weighted by molar-refractivity contribution is 0.316. The normalized spacial score (nSPS) is 23.9. The van der Waals surface area contributed by atoms with E-state index in [9.17, 15) is 0 Å². The van der Waals surface area contributed by atoms with Gasteiger partial charge in [0.1, 0.15) is 5.52 Å². The first-order valence-electron chi connectivity index (χ1n) is 6.17. The van der Waals surface area contributed by atoms with Crippen molar-refractivity contribution in [1.29, 1.82) is 0 Å². The number of aryl methyl sites for hydroxylation is 1. The Bertz CT molecular complexity index is 572. The number of fused-ring (bicyclic) bond motifs is 3. The van der Waals surface area contributed by atoms with Crippen LogP contribution in [0.2, 0.25) is 0 Å². The standard InChI is InChI=1S/C13H18N4/c1-4-13(2)7-9-10(8-16-13)17(3)12-11(9)14-5-6-15-12/h5-6,16H,4,7-8H2,1-3H3. The van der Waals surface area contributed by atoms with E-state index >= 15 is 0 Å². The Morgan fingerprint density at radius 3 is 2.94 bits per heavy atom. The van der Waals surface area contributed by atoms with Crippen molar-refractivity contribution < 1.29 is 0 Å². The minimum Gasteiger partial charge on any atom is -0.330 e. The second-order valence-electron chi connectivity index (χ2n) is 5.16. The molecule has 0 radical (unpaired) electrons. The molecule has 0 aliphatic carbocycles. The molecule has 0 amide bonds. The molecule has 0 saturated carbocycles. The van der Waals surface area contributed by atoms with Crippen LogP contribution in [0.3, 0.4) is 0 Å². The zero-order valence-corrected chi connectivity index (χ0v) is 10.6. The Morgan fingerprint density at radius 2 is 2.18 bits per heavy atom. The Morgan fingerprint density at radius 1 is 1.41 bits per heavy atom. The van der Waals surface area contributed by atoms with Crippen LogP contribution in [0, 0.1) is 0 Å². The highest BCUT2D eigenvalue weighted by molar-refractivity contribution is 5.78. The van der Waals surface area contributed by atoms with Gasteiger partial charge in [0.05, 0.1) is 0 Å². The molecule has 2 aromatic rings. The van der Waals surface area contributed by atoms with Gasteiger partial charge in [-0.1, -0.05) is 6.92 Å². The van der Waals surface area contributed by atoms with Gasteiger partial charge in [-0.3, -0.25) is 4.98 Å². The van der Waals surface area contributed by atoms with E-state index in [1.54, 1.807) is 12.4 Å². The highest BCUT2D eigenvalue weighted by Gasteiger charge is 2.31. The van der Waals surface area contributed by atoms with Gasteiger partial charge < -0.3 is 9.88 Å². The molecule has 3 rings (SSSR count). The average Bonchev–Trinajstić information content (AvgIpc) is 2.64. The van der Waals surface area contributed by atoms with Gasteiger partial charge in [0, 0.05) is 42.8 Å². The van der Waals surface area contributed by atoms with Crippen molar-refractivity contribution in [2.45, 2.75) is 38.8 Å². The second kappa shape index (κ2) is 3.53. The van der Waals surface area contributed by atoms with Crippen LogP contribution in [0.15, 0.2) is 12.4 Å². The molecule has 0 aromatic carbocycles. The summed E-state index contributed by atoms with van der Waals surface area (Å²) in [5.41, 5.74) is 4.97. The fourth-order valence-corrected chi connectivity index (χ4v) is 2.67. The lowest BCUT2D eigenvalue weighted by Crippen LogP contribution is -2.46. The Kier molecular flexibility index (Phi) is 2.23. The highest BCUT2D eigenvalue weighted by Crippen LogP contribution is 2.31. The zero-order chi connectivity index (χ0) is 12.0. The first-order chi connectivity index (χ1) is 8.14. The van der Waals surface area contributed by atoms with E-state index in [2.05, 4.69) is 40.7 Å². The summed E-state index contributed by atoms with van der Waals surface area (Å²) in [7, 11) is 2.08. The molecule has 4 heteroatoms. The number of aromatic nitrogens is 3. The van der Waals surface area contributed by atoms with Crippen molar-refractivity contribution in [2.75, 3.05) is 0 Å². The largest absolute Gasteiger partial charge is 0.330 e. The van der Waals surface area contributed by atoms with Gasteiger partial charge in [0.25, 0.3) is 0 Å². The van der Waals surface area contributed by atoms with Crippen LogP contribution in [0.4, 0.5) is 0 Å². The summed E-state index contributed by atoms with van der Waals surface area (Å²) in [4.78, 5) is 8.94. The minimum absolute atomic E-state index is 0.193. The van der Waals surface area contributed by atoms with E-state index in [1.165, 1.54) is 11.3 Å². The van der Waals surface area contributed by atoms with Crippen molar-refractivity contribution >= 4 is 11.2 Å². The summed E-state index contributed by atoms with van der Waals surface area (Å²) >= 11 is 0. The maximum absolute atomic E-state index is 4.50. The van der Waals surface area contributed by atoms with Crippen LogP contribution in [-0.4, -0.2) is 20.1 Å². The molecule has 2 aromatic heterocycles. The predicted octanol–water partition coefficient (Wildman–Crippen LogP) is 1.78. The molecule has 0 saturated heterocycles. The van der Waals surface area contributed by atoms with E-state index in [0.29, 0.717) is 0 Å². The Balaban J connectivity index is 2.22. The van der Waals surface area contributed by atoms with Gasteiger partial charge in [-0.25, -0.2) is 4.98 Å². The van der Waals surface area contributed by atoms with Gasteiger partial charge in [-0.2, -0.15) is 0 Å². The molecule has 3 heterocycles. The van der Waals surface area contributed by atoms with Crippen LogP contribution in [0.1, 0.15) is 31.5 Å². The summed E-state index contributed by atoms with van der Waals surface area (Å²) < 4.78 is 2.17. The van der Waals surface area contributed by atoms with Gasteiger partial charge in [-0.05, 0) is 19.8 Å². The fourth-order valence-electron chi connectivity index (χ4n) is 2.67. The van der Waals surface area contributed by atoms with E-state index in [1.807, 2.05) is 0 Å². The SMILES string of the molecule is CCC1(C)Cc2c(n(C)c3nccnc23)CN1. The minimum atomic E-state index is 0.193. The third kappa shape index (κ3) is 1.47. The summed E-state index contributed by atoms with van der Waals surface area (Å²) in [6.45, 7) is 5.42. The Labute approximate surface area is 101 Å². The van der Waals surface area contributed by atoms with Gasteiger partial charge in [0.2, 0.25) is 0 Å². The van der Waals surface area contributed by atoms with Crippen LogP contribution in [-0.2, 0) is 20.0 Å². The molecule has 0 fully saturated rings. The number of nitrogens with one attached hydrogen (secondary N) is 1. The Hall–Kier alpha value is -1.42. The predicted molar refractivity (Wildman–Crippen MR) is 67.7 cm³/mol. The maximum Gasteiger partial charge on any atom is 0.158 e. The van der Waals surface area contributed by atoms with Crippen molar-refractivity contribution in [3.8, 4) is 0 Å². The number of rotatable bonds is 1. The van der Waals surface area contributed by atoms with E-state index in [4.69, 9.17) is 0 Å². The highest BCUT2D eigenvalue weighted by atomic mass is 15.1. The van der Waals surface area contributed by atoms with Crippen molar-refractivity contribution in [1.82, 2.24) is 19.9 Å². The molecule has 1 aliphatic heterocycles. The topological polar surface area (TPSA) is 42.7 Å². The van der Waals surface area contributed by atoms with E-state index < -0.39 is 0 Å². The summed E-state index contributed by atoms with van der Waals surface area (Å²) in [6.07, 6.45) is 5.71. The first-order valence-corrected chi connectivity index (χ1v) is 6.17. The lowest BCUT2D eigenvalue weighted by atomic mass is 9.86. The van der Waals surface area contributed by atoms with E-state index in [-0.39, 0.29) is 5.54 Å². The molecule has 0 bridgehead atoms. The first kappa shape index (κ1) is 10.7. The van der Waals surface area contributed by atoms with Crippen molar-refractivity contribution in [3.05, 3.63) is 23.7 Å². The number of hydrogen-bond donors (Lipinski definition) is 1. The van der Waals surface area contributed by atoms with Crippen LogP contribution >= 0.6 is 0 Å². The molecular weight excluding hydrogens is 212 g/mol. The average molecular weight is 230 g/mol. The van der Waals surface area contributed by atoms with Gasteiger partial charge >= 0.3 is 0 Å². The van der Waals surface area contributed by atoms with Crippen LogP contribution in [0.5, 0.6) is 0 Å². The number of hydrogen-bond acceptors (Lipinski definition) is 3. The smallest absolute Gasteiger partial charge is 0.158 e. The molecule has 90 valence electrons. The van der Waals surface area contributed by atoms with Crippen LogP contribution < -0.4 is 5.32 Å². The second-order valence-corrected chi connectivity index (χ2v) is 5.16. The molecule has 1 unspecified atom stereocenters. The summed E-state index contributed by atoms with van der Waals surface area (Å²) in [5, 5.41) is 3.63. The number of nitrogens with zero attached hydrogens (tertiary/aromatic N) is 3. The molecule has 1 atom stereocenters. The van der Waals surface area contributed by atoms with Crippen molar-refractivity contribution in [2.24, 2.45) is 7.05 Å². The van der Waals surface area contributed by atoms with Gasteiger partial charge in [-0.15, -0.1) is 0 Å². The zero-order valence-electron chi connectivity index (χ0n) is 10.6. The summed E-state index contributed by atoms with van der Waals surface area (Å²) in [5.74, 6) is 0. The van der Waals surface area contributed by atoms with Gasteiger partial charge in [0.15, 0.2) is 5.65 Å². The van der Waals surface area contributed by atoms with Crippen molar-refractivity contribution in [3.63, 3.8) is 0 Å². The fraction of sp³-hybridized carbons (Fsp3) is 0.538. The molecule has 4 nitrogen and oxygen atoms in total. The lowest BCUT2D eigenvalue weighted by Gasteiger charge is -2.34. The molecule has 1 N–H and O–H groups in total. The quantitative estimate of drug-likeness (QED) is 0.812. The third-order valence-corrected chi connectivity index (χ3v) is 4.07. The van der Waals surface area contributed by atoms with Crippen LogP contribution in [0.25, 0.3) is 11.2 Å². The monoisotopic (exact) mass is 230 g/mol. The van der Waals surface area contributed by atoms with E-state index in [0.717, 1.165) is 30.6 Å². The molecule has 17 heavy (non-hydrogen) atoms. The molecule has 0 spiro atoms.